The van der Waals surface area contributed by atoms with Crippen LogP contribution in [-0.4, -0.2) is 35.6 Å². The molecule has 1 saturated heterocycles. The van der Waals surface area contributed by atoms with Crippen LogP contribution < -0.4 is 5.32 Å². The number of likely N-dealkylation sites (tertiary alicyclic amines) is 1. The van der Waals surface area contributed by atoms with Crippen molar-refractivity contribution in [2.24, 2.45) is 5.92 Å². The normalized spacial score (nSPS) is 17.6. The van der Waals surface area contributed by atoms with Gasteiger partial charge in [-0.05, 0) is 37.6 Å². The number of nitrogens with one attached hydrogen (secondary N) is 1. The molecule has 5 heteroatoms. The monoisotopic (exact) mass is 302 g/mol. The fraction of sp³-hybridized carbons (Fsp3) is 0.471. The maximum Gasteiger partial charge on any atom is 0.229 e. The van der Waals surface area contributed by atoms with Gasteiger partial charge in [-0.25, -0.2) is 0 Å². The van der Waals surface area contributed by atoms with E-state index < -0.39 is 0 Å². The molecule has 0 saturated carbocycles. The van der Waals surface area contributed by atoms with Crippen molar-refractivity contribution >= 4 is 23.3 Å². The van der Waals surface area contributed by atoms with Crippen molar-refractivity contribution in [2.75, 3.05) is 18.4 Å². The van der Waals surface area contributed by atoms with Crippen LogP contribution in [0.1, 0.15) is 43.5 Å². The third kappa shape index (κ3) is 3.93. The number of hydrogen-bond donors (Lipinski definition) is 1. The number of carbonyl (C=O) groups is 3. The van der Waals surface area contributed by atoms with E-state index in [9.17, 15) is 14.4 Å². The average Bonchev–Trinajstić information content (AvgIpc) is 2.87. The predicted octanol–water partition coefficient (Wildman–Crippen LogP) is 2.48. The molecule has 1 atom stereocenters. The zero-order chi connectivity index (χ0) is 16.1. The Labute approximate surface area is 130 Å². The van der Waals surface area contributed by atoms with Crippen LogP contribution in [-0.2, 0) is 9.59 Å². The summed E-state index contributed by atoms with van der Waals surface area (Å²) in [6.07, 6.45) is 2.27. The number of nitrogens with zero attached hydrogens (tertiary/aromatic N) is 1. The van der Waals surface area contributed by atoms with Crippen molar-refractivity contribution in [3.05, 3.63) is 29.8 Å². The topological polar surface area (TPSA) is 66.5 Å². The number of Topliss-reactive ketones (excluding diaryl/α,β-unsaturated/α-hetero) is 1. The largest absolute Gasteiger partial charge is 0.342 e. The minimum Gasteiger partial charge on any atom is -0.342 e. The van der Waals surface area contributed by atoms with Gasteiger partial charge >= 0.3 is 0 Å². The average molecular weight is 302 g/mol. The predicted molar refractivity (Wildman–Crippen MR) is 84.7 cm³/mol. The minimum absolute atomic E-state index is 0.00849. The van der Waals surface area contributed by atoms with Crippen LogP contribution in [0.3, 0.4) is 0 Å². The zero-order valence-corrected chi connectivity index (χ0v) is 13.1. The Bertz CT molecular complexity index is 566. The van der Waals surface area contributed by atoms with E-state index >= 15 is 0 Å². The molecule has 0 unspecified atom stereocenters. The Morgan fingerprint density at radius 2 is 1.95 bits per heavy atom. The number of unbranched alkanes of at least 4 members (excludes halogenated alkanes) is 1. The van der Waals surface area contributed by atoms with Gasteiger partial charge in [-0.15, -0.1) is 0 Å². The zero-order valence-electron chi connectivity index (χ0n) is 13.1. The lowest BCUT2D eigenvalue weighted by Gasteiger charge is -2.16. The third-order valence-electron chi connectivity index (χ3n) is 3.93. The highest BCUT2D eigenvalue weighted by molar-refractivity contribution is 5.98. The highest BCUT2D eigenvalue weighted by Crippen LogP contribution is 2.20. The SMILES string of the molecule is CCCCN1C[C@@H](C(=O)Nc2ccc(C(C)=O)cc2)CC1=O. The van der Waals surface area contributed by atoms with E-state index in [0.29, 0.717) is 17.8 Å². The number of hydrogen-bond acceptors (Lipinski definition) is 3. The van der Waals surface area contributed by atoms with Crippen LogP contribution in [0, 0.1) is 5.92 Å². The molecule has 1 aromatic rings. The molecule has 0 radical (unpaired) electrons. The van der Waals surface area contributed by atoms with Gasteiger partial charge in [0.05, 0.1) is 5.92 Å². The van der Waals surface area contributed by atoms with Crippen LogP contribution in [0.25, 0.3) is 0 Å². The molecule has 0 aromatic heterocycles. The lowest BCUT2D eigenvalue weighted by atomic mass is 10.1. The number of carbonyl (C=O) groups excluding carboxylic acids is 3. The lowest BCUT2D eigenvalue weighted by molar-refractivity contribution is -0.128. The van der Waals surface area contributed by atoms with Gasteiger partial charge in [0.1, 0.15) is 0 Å². The number of amides is 2. The van der Waals surface area contributed by atoms with Crippen molar-refractivity contribution in [2.45, 2.75) is 33.1 Å². The molecule has 5 nitrogen and oxygen atoms in total. The van der Waals surface area contributed by atoms with Crippen LogP contribution >= 0.6 is 0 Å². The molecule has 118 valence electrons. The van der Waals surface area contributed by atoms with E-state index in [-0.39, 0.29) is 29.9 Å². The van der Waals surface area contributed by atoms with Crippen molar-refractivity contribution in [1.29, 1.82) is 0 Å². The summed E-state index contributed by atoms with van der Waals surface area (Å²) in [5.41, 5.74) is 1.26. The molecule has 2 amide bonds. The Morgan fingerprint density at radius 3 is 2.55 bits per heavy atom. The second-order valence-corrected chi connectivity index (χ2v) is 5.72. The first-order chi connectivity index (χ1) is 10.5. The lowest BCUT2D eigenvalue weighted by Crippen LogP contribution is -2.29. The first-order valence-electron chi connectivity index (χ1n) is 7.71. The quantitative estimate of drug-likeness (QED) is 0.821. The van der Waals surface area contributed by atoms with Gasteiger partial charge in [-0.2, -0.15) is 0 Å². The van der Waals surface area contributed by atoms with E-state index in [4.69, 9.17) is 0 Å². The van der Waals surface area contributed by atoms with Crippen molar-refractivity contribution < 1.29 is 14.4 Å². The summed E-state index contributed by atoms with van der Waals surface area (Å²) >= 11 is 0. The summed E-state index contributed by atoms with van der Waals surface area (Å²) in [5, 5.41) is 2.82. The fourth-order valence-corrected chi connectivity index (χ4v) is 2.55. The molecule has 0 spiro atoms. The number of ketones is 1. The Kier molecular flexibility index (Phi) is 5.31. The summed E-state index contributed by atoms with van der Waals surface area (Å²) in [6.45, 7) is 4.81. The van der Waals surface area contributed by atoms with Gasteiger partial charge in [-0.1, -0.05) is 13.3 Å². The molecule has 0 bridgehead atoms. The molecule has 2 rings (SSSR count). The first kappa shape index (κ1) is 16.2. The van der Waals surface area contributed by atoms with Gasteiger partial charge in [0.25, 0.3) is 0 Å². The first-order valence-corrected chi connectivity index (χ1v) is 7.71. The molecule has 0 aliphatic carbocycles. The Hall–Kier alpha value is -2.17. The highest BCUT2D eigenvalue weighted by atomic mass is 16.2. The van der Waals surface area contributed by atoms with Gasteiger partial charge in [0.2, 0.25) is 11.8 Å². The molecule has 1 aliphatic rings. The maximum absolute atomic E-state index is 12.2. The molecule has 1 N–H and O–H groups in total. The fourth-order valence-electron chi connectivity index (χ4n) is 2.55. The summed E-state index contributed by atoms with van der Waals surface area (Å²) < 4.78 is 0. The Morgan fingerprint density at radius 1 is 1.27 bits per heavy atom. The molecule has 1 aliphatic heterocycles. The number of rotatable bonds is 6. The number of benzene rings is 1. The third-order valence-corrected chi connectivity index (χ3v) is 3.93. The van der Waals surface area contributed by atoms with Crippen LogP contribution in [0.4, 0.5) is 5.69 Å². The van der Waals surface area contributed by atoms with Gasteiger partial charge in [-0.3, -0.25) is 14.4 Å². The molecule has 1 fully saturated rings. The molecular weight excluding hydrogens is 280 g/mol. The standard InChI is InChI=1S/C17H22N2O3/c1-3-4-9-19-11-14(10-16(19)21)17(22)18-15-7-5-13(6-8-15)12(2)20/h5-8,14H,3-4,9-11H2,1-2H3,(H,18,22)/t14-/m0/s1. The van der Waals surface area contributed by atoms with E-state index in [1.165, 1.54) is 6.92 Å². The smallest absolute Gasteiger partial charge is 0.229 e. The van der Waals surface area contributed by atoms with E-state index in [2.05, 4.69) is 12.2 Å². The Balaban J connectivity index is 1.92. The second-order valence-electron chi connectivity index (χ2n) is 5.72. The summed E-state index contributed by atoms with van der Waals surface area (Å²) in [5.74, 6) is -0.383. The van der Waals surface area contributed by atoms with Gasteiger partial charge < -0.3 is 10.2 Å². The molecular formula is C17H22N2O3. The van der Waals surface area contributed by atoms with E-state index in [1.54, 1.807) is 29.2 Å². The molecule has 1 heterocycles. The number of anilines is 1. The van der Waals surface area contributed by atoms with Crippen LogP contribution in [0.15, 0.2) is 24.3 Å². The summed E-state index contributed by atoms with van der Waals surface area (Å²) in [4.78, 5) is 37.1. The molecule has 1 aromatic carbocycles. The van der Waals surface area contributed by atoms with Crippen molar-refractivity contribution in [3.63, 3.8) is 0 Å². The summed E-state index contributed by atoms with van der Waals surface area (Å²) in [6, 6.07) is 6.79. The van der Waals surface area contributed by atoms with E-state index in [0.717, 1.165) is 19.4 Å². The van der Waals surface area contributed by atoms with Gasteiger partial charge in [0.15, 0.2) is 5.78 Å². The van der Waals surface area contributed by atoms with Crippen molar-refractivity contribution in [1.82, 2.24) is 4.90 Å². The van der Waals surface area contributed by atoms with Crippen molar-refractivity contribution in [3.8, 4) is 0 Å². The summed E-state index contributed by atoms with van der Waals surface area (Å²) in [7, 11) is 0. The van der Waals surface area contributed by atoms with Crippen LogP contribution in [0.5, 0.6) is 0 Å². The minimum atomic E-state index is -0.295. The maximum atomic E-state index is 12.2. The molecule has 22 heavy (non-hydrogen) atoms. The van der Waals surface area contributed by atoms with E-state index in [1.807, 2.05) is 0 Å². The van der Waals surface area contributed by atoms with Gasteiger partial charge in [0, 0.05) is 30.8 Å². The van der Waals surface area contributed by atoms with Crippen LogP contribution in [0.2, 0.25) is 0 Å². The highest BCUT2D eigenvalue weighted by Gasteiger charge is 2.33. The second kappa shape index (κ2) is 7.20.